The largest absolute Gasteiger partial charge is 0.379 e. The van der Waals surface area contributed by atoms with Gasteiger partial charge in [0.1, 0.15) is 0 Å². The van der Waals surface area contributed by atoms with Crippen LogP contribution in [0.25, 0.3) is 0 Å². The standard InChI is InChI=1S/C10H11ClO/c1-12-9-6-7-4-2-3-5-8(7)10(9)11/h2-5,9-10H,6H2,1H3/t9-,10-/m0/s1. The van der Waals surface area contributed by atoms with E-state index in [1.54, 1.807) is 7.11 Å². The molecular formula is C10H11ClO. The van der Waals surface area contributed by atoms with E-state index in [1.165, 1.54) is 11.1 Å². The molecule has 0 saturated carbocycles. The van der Waals surface area contributed by atoms with Crippen LogP contribution in [0.1, 0.15) is 16.5 Å². The van der Waals surface area contributed by atoms with Crippen LogP contribution in [0.15, 0.2) is 24.3 Å². The van der Waals surface area contributed by atoms with E-state index >= 15 is 0 Å². The van der Waals surface area contributed by atoms with Gasteiger partial charge in [0.2, 0.25) is 0 Å². The lowest BCUT2D eigenvalue weighted by Gasteiger charge is -2.10. The van der Waals surface area contributed by atoms with Crippen molar-refractivity contribution >= 4 is 11.6 Å². The maximum Gasteiger partial charge on any atom is 0.0853 e. The van der Waals surface area contributed by atoms with E-state index in [4.69, 9.17) is 16.3 Å². The van der Waals surface area contributed by atoms with Gasteiger partial charge >= 0.3 is 0 Å². The highest BCUT2D eigenvalue weighted by molar-refractivity contribution is 6.21. The minimum absolute atomic E-state index is 0.0335. The Bertz CT molecular complexity index is 285. The molecule has 0 aliphatic heterocycles. The molecule has 0 aromatic heterocycles. The Labute approximate surface area is 77.3 Å². The van der Waals surface area contributed by atoms with Crippen molar-refractivity contribution in [2.24, 2.45) is 0 Å². The minimum atomic E-state index is 0.0335. The topological polar surface area (TPSA) is 9.23 Å². The van der Waals surface area contributed by atoms with Crippen molar-refractivity contribution in [3.05, 3.63) is 35.4 Å². The number of halogens is 1. The van der Waals surface area contributed by atoms with Gasteiger partial charge in [-0.15, -0.1) is 11.6 Å². The molecule has 0 N–H and O–H groups in total. The fourth-order valence-corrected chi connectivity index (χ4v) is 2.12. The molecule has 64 valence electrons. The first-order valence-electron chi connectivity index (χ1n) is 4.07. The van der Waals surface area contributed by atoms with Gasteiger partial charge in [-0.2, -0.15) is 0 Å². The summed E-state index contributed by atoms with van der Waals surface area (Å²) in [5.74, 6) is 0. The van der Waals surface area contributed by atoms with Gasteiger partial charge in [0, 0.05) is 13.5 Å². The average molecular weight is 183 g/mol. The number of hydrogen-bond donors (Lipinski definition) is 0. The second-order valence-corrected chi connectivity index (χ2v) is 3.55. The van der Waals surface area contributed by atoms with Crippen LogP contribution < -0.4 is 0 Å². The van der Waals surface area contributed by atoms with Crippen LogP contribution in [-0.2, 0) is 11.2 Å². The highest BCUT2D eigenvalue weighted by atomic mass is 35.5. The van der Waals surface area contributed by atoms with E-state index in [9.17, 15) is 0 Å². The van der Waals surface area contributed by atoms with Crippen molar-refractivity contribution in [1.82, 2.24) is 0 Å². The van der Waals surface area contributed by atoms with E-state index in [2.05, 4.69) is 12.1 Å². The summed E-state index contributed by atoms with van der Waals surface area (Å²) < 4.78 is 5.27. The summed E-state index contributed by atoms with van der Waals surface area (Å²) in [6.45, 7) is 0. The van der Waals surface area contributed by atoms with Crippen molar-refractivity contribution in [3.63, 3.8) is 0 Å². The molecule has 1 nitrogen and oxygen atoms in total. The van der Waals surface area contributed by atoms with E-state index in [0.29, 0.717) is 0 Å². The minimum Gasteiger partial charge on any atom is -0.379 e. The predicted octanol–water partition coefficient (Wildman–Crippen LogP) is 2.54. The molecule has 1 aromatic rings. The number of alkyl halides is 1. The maximum absolute atomic E-state index is 6.18. The van der Waals surface area contributed by atoms with E-state index in [1.807, 2.05) is 12.1 Å². The number of hydrogen-bond acceptors (Lipinski definition) is 1. The van der Waals surface area contributed by atoms with E-state index in [-0.39, 0.29) is 11.5 Å². The summed E-state index contributed by atoms with van der Waals surface area (Å²) in [7, 11) is 1.71. The Morgan fingerprint density at radius 2 is 2.17 bits per heavy atom. The molecule has 1 aromatic carbocycles. The third-order valence-electron chi connectivity index (χ3n) is 2.40. The molecule has 0 radical (unpaired) electrons. The Hall–Kier alpha value is -0.530. The highest BCUT2D eigenvalue weighted by Gasteiger charge is 2.30. The molecule has 0 saturated heterocycles. The lowest BCUT2D eigenvalue weighted by atomic mass is 10.1. The summed E-state index contributed by atoms with van der Waals surface area (Å²) in [4.78, 5) is 0. The van der Waals surface area contributed by atoms with Crippen molar-refractivity contribution < 1.29 is 4.74 Å². The van der Waals surface area contributed by atoms with Crippen LogP contribution >= 0.6 is 11.6 Å². The first kappa shape index (κ1) is 8.09. The van der Waals surface area contributed by atoms with Gasteiger partial charge in [0.05, 0.1) is 11.5 Å². The summed E-state index contributed by atoms with van der Waals surface area (Å²) >= 11 is 6.18. The zero-order valence-corrected chi connectivity index (χ0v) is 7.71. The highest BCUT2D eigenvalue weighted by Crippen LogP contribution is 2.37. The molecule has 0 heterocycles. The monoisotopic (exact) mass is 182 g/mol. The summed E-state index contributed by atoms with van der Waals surface area (Å²) in [6, 6.07) is 8.25. The maximum atomic E-state index is 6.18. The van der Waals surface area contributed by atoms with E-state index in [0.717, 1.165) is 6.42 Å². The van der Waals surface area contributed by atoms with Crippen molar-refractivity contribution in [2.75, 3.05) is 7.11 Å². The van der Waals surface area contributed by atoms with Crippen LogP contribution in [0.3, 0.4) is 0 Å². The van der Waals surface area contributed by atoms with Crippen molar-refractivity contribution in [1.29, 1.82) is 0 Å². The molecule has 0 fully saturated rings. The van der Waals surface area contributed by atoms with Crippen molar-refractivity contribution in [2.45, 2.75) is 17.9 Å². The van der Waals surface area contributed by atoms with E-state index < -0.39 is 0 Å². The van der Waals surface area contributed by atoms with Gasteiger partial charge in [-0.05, 0) is 11.1 Å². The van der Waals surface area contributed by atoms with Crippen LogP contribution in [0.5, 0.6) is 0 Å². The first-order valence-corrected chi connectivity index (χ1v) is 4.51. The van der Waals surface area contributed by atoms with Gasteiger partial charge in [-0.25, -0.2) is 0 Å². The van der Waals surface area contributed by atoms with Gasteiger partial charge in [0.15, 0.2) is 0 Å². The van der Waals surface area contributed by atoms with Crippen LogP contribution in [0.2, 0.25) is 0 Å². The zero-order valence-electron chi connectivity index (χ0n) is 6.96. The summed E-state index contributed by atoms with van der Waals surface area (Å²) in [5.41, 5.74) is 2.55. The van der Waals surface area contributed by atoms with Gasteiger partial charge < -0.3 is 4.74 Å². The average Bonchev–Trinajstić information content (AvgIpc) is 2.44. The SMILES string of the molecule is CO[C@H]1Cc2ccccc2[C@@H]1Cl. The molecule has 1 aliphatic carbocycles. The second-order valence-electron chi connectivity index (χ2n) is 3.08. The quantitative estimate of drug-likeness (QED) is 0.607. The second kappa shape index (κ2) is 3.08. The first-order chi connectivity index (χ1) is 5.83. The molecule has 0 unspecified atom stereocenters. The summed E-state index contributed by atoms with van der Waals surface area (Å²) in [6.07, 6.45) is 1.10. The van der Waals surface area contributed by atoms with Crippen molar-refractivity contribution in [3.8, 4) is 0 Å². The van der Waals surface area contributed by atoms with Gasteiger partial charge in [-0.3, -0.25) is 0 Å². The Kier molecular flexibility index (Phi) is 2.07. The Balaban J connectivity index is 2.35. The Morgan fingerprint density at radius 3 is 2.83 bits per heavy atom. The van der Waals surface area contributed by atoms with Crippen LogP contribution in [-0.4, -0.2) is 13.2 Å². The zero-order chi connectivity index (χ0) is 8.55. The Morgan fingerprint density at radius 1 is 1.42 bits per heavy atom. The molecular weight excluding hydrogens is 172 g/mol. The smallest absolute Gasteiger partial charge is 0.0853 e. The number of fused-ring (bicyclic) bond motifs is 1. The lowest BCUT2D eigenvalue weighted by Crippen LogP contribution is -2.11. The molecule has 0 amide bonds. The third kappa shape index (κ3) is 1.13. The predicted molar refractivity (Wildman–Crippen MR) is 49.5 cm³/mol. The number of rotatable bonds is 1. The number of ether oxygens (including phenoxy) is 1. The molecule has 0 spiro atoms. The fraction of sp³-hybridized carbons (Fsp3) is 0.400. The molecule has 0 bridgehead atoms. The van der Waals surface area contributed by atoms with Gasteiger partial charge in [-0.1, -0.05) is 24.3 Å². The lowest BCUT2D eigenvalue weighted by molar-refractivity contribution is 0.108. The molecule has 12 heavy (non-hydrogen) atoms. The molecule has 1 aliphatic rings. The normalized spacial score (nSPS) is 27.2. The third-order valence-corrected chi connectivity index (χ3v) is 2.92. The summed E-state index contributed by atoms with van der Waals surface area (Å²) in [5, 5.41) is 0.0335. The molecule has 2 heteroatoms. The van der Waals surface area contributed by atoms with Crippen LogP contribution in [0, 0.1) is 0 Å². The molecule has 2 atom stereocenters. The van der Waals surface area contributed by atoms with Crippen LogP contribution in [0.4, 0.5) is 0 Å². The number of methoxy groups -OCH3 is 1. The number of benzene rings is 1. The fourth-order valence-electron chi connectivity index (χ4n) is 1.71. The van der Waals surface area contributed by atoms with Gasteiger partial charge in [0.25, 0.3) is 0 Å². The molecule has 2 rings (SSSR count).